The van der Waals surface area contributed by atoms with E-state index in [1.165, 1.54) is 0 Å². The highest BCUT2D eigenvalue weighted by Crippen LogP contribution is 2.15. The molecule has 0 aliphatic carbocycles. The fourth-order valence-corrected chi connectivity index (χ4v) is 2.52. The minimum Gasteiger partial charge on any atom is -0.389 e. The second kappa shape index (κ2) is 11.4. The smallest absolute Gasteiger partial charge is 0.191 e. The highest BCUT2D eigenvalue weighted by molar-refractivity contribution is 5.79. The molecule has 2 unspecified atom stereocenters. The molecule has 0 bridgehead atoms. The van der Waals surface area contributed by atoms with Gasteiger partial charge in [-0.05, 0) is 37.6 Å². The van der Waals surface area contributed by atoms with Gasteiger partial charge in [0.1, 0.15) is 11.6 Å². The molecule has 0 aliphatic heterocycles. The highest BCUT2D eigenvalue weighted by atomic mass is 19.1. The summed E-state index contributed by atoms with van der Waals surface area (Å²) in [6.07, 6.45) is -0.880. The zero-order chi connectivity index (χ0) is 20.4. The van der Waals surface area contributed by atoms with Gasteiger partial charge in [-0.2, -0.15) is 0 Å². The zero-order valence-corrected chi connectivity index (χ0v) is 16.2. The van der Waals surface area contributed by atoms with Gasteiger partial charge in [0.15, 0.2) is 5.96 Å². The first-order valence-electron chi connectivity index (χ1n) is 9.30. The maximum Gasteiger partial charge on any atom is 0.191 e. The molecule has 0 radical (unpaired) electrons. The third-order valence-electron chi connectivity index (χ3n) is 4.07. The van der Waals surface area contributed by atoms with Crippen LogP contribution in [0.2, 0.25) is 0 Å². The standard InChI is InChI=1S/C21H27F2N3O2/c1-3-24-21(25-12-17-11-18(22)9-10-20(17)23)26-13-19(27)14-28-15(2)16-7-5-4-6-8-16/h4-11,15,19,27H,3,12-14H2,1-2H3,(H2,24,25,26). The summed E-state index contributed by atoms with van der Waals surface area (Å²) in [4.78, 5) is 4.24. The first-order valence-corrected chi connectivity index (χ1v) is 9.30. The van der Waals surface area contributed by atoms with Crippen molar-refractivity contribution < 1.29 is 18.6 Å². The minimum absolute atomic E-state index is 0.0173. The number of guanidine groups is 1. The molecule has 0 heterocycles. The van der Waals surface area contributed by atoms with Gasteiger partial charge in [0.25, 0.3) is 0 Å². The number of nitrogens with one attached hydrogen (secondary N) is 2. The molecule has 2 aromatic carbocycles. The van der Waals surface area contributed by atoms with E-state index in [1.807, 2.05) is 44.2 Å². The molecule has 2 aromatic rings. The maximum atomic E-state index is 13.7. The van der Waals surface area contributed by atoms with Crippen LogP contribution in [0.25, 0.3) is 0 Å². The molecule has 0 amide bonds. The van der Waals surface area contributed by atoms with Gasteiger partial charge in [0, 0.05) is 18.7 Å². The minimum atomic E-state index is -0.749. The third kappa shape index (κ3) is 7.25. The van der Waals surface area contributed by atoms with Gasteiger partial charge in [0.05, 0.1) is 25.4 Å². The van der Waals surface area contributed by atoms with Gasteiger partial charge in [-0.15, -0.1) is 0 Å². The van der Waals surface area contributed by atoms with Crippen molar-refractivity contribution >= 4 is 5.96 Å². The lowest BCUT2D eigenvalue weighted by Gasteiger charge is -2.18. The largest absolute Gasteiger partial charge is 0.389 e. The number of hydrogen-bond donors (Lipinski definition) is 3. The summed E-state index contributed by atoms with van der Waals surface area (Å²) in [7, 11) is 0. The van der Waals surface area contributed by atoms with Gasteiger partial charge in [0.2, 0.25) is 0 Å². The lowest BCUT2D eigenvalue weighted by atomic mass is 10.1. The van der Waals surface area contributed by atoms with Crippen LogP contribution in [0, 0.1) is 11.6 Å². The van der Waals surface area contributed by atoms with Crippen molar-refractivity contribution in [1.29, 1.82) is 0 Å². The summed E-state index contributed by atoms with van der Waals surface area (Å²) in [6.45, 7) is 4.75. The van der Waals surface area contributed by atoms with Gasteiger partial charge < -0.3 is 20.5 Å². The number of aliphatic hydroxyl groups excluding tert-OH is 1. The summed E-state index contributed by atoms with van der Waals surface area (Å²) in [5.74, 6) is -0.615. The molecule has 0 aromatic heterocycles. The van der Waals surface area contributed by atoms with E-state index in [9.17, 15) is 13.9 Å². The maximum absolute atomic E-state index is 13.7. The number of halogens is 2. The molecular formula is C21H27F2N3O2. The van der Waals surface area contributed by atoms with Crippen LogP contribution in [0.15, 0.2) is 53.5 Å². The average molecular weight is 391 g/mol. The van der Waals surface area contributed by atoms with Gasteiger partial charge in [-0.1, -0.05) is 30.3 Å². The van der Waals surface area contributed by atoms with E-state index in [0.717, 1.165) is 23.8 Å². The second-order valence-electron chi connectivity index (χ2n) is 6.35. The summed E-state index contributed by atoms with van der Waals surface area (Å²) in [5.41, 5.74) is 1.20. The van der Waals surface area contributed by atoms with Crippen LogP contribution in [-0.2, 0) is 11.3 Å². The van der Waals surface area contributed by atoms with Crippen molar-refractivity contribution in [2.75, 3.05) is 19.7 Å². The normalized spacial score (nSPS) is 13.8. The number of hydrogen-bond acceptors (Lipinski definition) is 3. The van der Waals surface area contributed by atoms with E-state index in [-0.39, 0.29) is 31.4 Å². The molecule has 0 fully saturated rings. The van der Waals surface area contributed by atoms with Crippen LogP contribution >= 0.6 is 0 Å². The van der Waals surface area contributed by atoms with Crippen molar-refractivity contribution in [1.82, 2.24) is 10.6 Å². The Hall–Kier alpha value is -2.51. The predicted octanol–water partition coefficient (Wildman–Crippen LogP) is 3.16. The molecule has 7 heteroatoms. The molecule has 0 saturated carbocycles. The number of rotatable bonds is 9. The van der Waals surface area contributed by atoms with Crippen molar-refractivity contribution in [3.63, 3.8) is 0 Å². The van der Waals surface area contributed by atoms with Crippen LogP contribution in [0.4, 0.5) is 8.78 Å². The second-order valence-corrected chi connectivity index (χ2v) is 6.35. The molecular weight excluding hydrogens is 364 g/mol. The van der Waals surface area contributed by atoms with Crippen LogP contribution in [-0.4, -0.2) is 36.9 Å². The Morgan fingerprint density at radius 3 is 2.61 bits per heavy atom. The van der Waals surface area contributed by atoms with E-state index < -0.39 is 17.7 Å². The summed E-state index contributed by atoms with van der Waals surface area (Å²) in [6, 6.07) is 13.0. The molecule has 3 N–H and O–H groups in total. The Morgan fingerprint density at radius 1 is 1.14 bits per heavy atom. The number of nitrogens with zero attached hydrogens (tertiary/aromatic N) is 1. The van der Waals surface area contributed by atoms with Gasteiger partial charge >= 0.3 is 0 Å². The topological polar surface area (TPSA) is 65.9 Å². The molecule has 5 nitrogen and oxygen atoms in total. The van der Waals surface area contributed by atoms with E-state index in [1.54, 1.807) is 0 Å². The lowest BCUT2D eigenvalue weighted by Crippen LogP contribution is -2.42. The van der Waals surface area contributed by atoms with Crippen molar-refractivity contribution in [2.45, 2.75) is 32.6 Å². The molecule has 0 aliphatic rings. The summed E-state index contributed by atoms with van der Waals surface area (Å²) < 4.78 is 32.7. The van der Waals surface area contributed by atoms with Crippen molar-refractivity contribution in [2.24, 2.45) is 4.99 Å². The first kappa shape index (κ1) is 21.8. The van der Waals surface area contributed by atoms with Crippen LogP contribution in [0.5, 0.6) is 0 Å². The van der Waals surface area contributed by atoms with E-state index in [2.05, 4.69) is 15.6 Å². The van der Waals surface area contributed by atoms with Crippen LogP contribution in [0.1, 0.15) is 31.1 Å². The van der Waals surface area contributed by atoms with E-state index in [0.29, 0.717) is 12.5 Å². The Kier molecular flexibility index (Phi) is 8.84. The summed E-state index contributed by atoms with van der Waals surface area (Å²) >= 11 is 0. The monoisotopic (exact) mass is 391 g/mol. The molecule has 2 atom stereocenters. The van der Waals surface area contributed by atoms with E-state index in [4.69, 9.17) is 4.74 Å². The Bertz CT molecular complexity index is 757. The van der Waals surface area contributed by atoms with Crippen LogP contribution in [0.3, 0.4) is 0 Å². The summed E-state index contributed by atoms with van der Waals surface area (Å²) in [5, 5.41) is 16.1. The molecule has 28 heavy (non-hydrogen) atoms. The molecule has 2 rings (SSSR count). The van der Waals surface area contributed by atoms with Crippen molar-refractivity contribution in [3.8, 4) is 0 Å². The SMILES string of the molecule is CCNC(=NCc1cc(F)ccc1F)NCC(O)COC(C)c1ccccc1. The lowest BCUT2D eigenvalue weighted by molar-refractivity contribution is -0.000599. The molecule has 0 spiro atoms. The Morgan fingerprint density at radius 2 is 1.89 bits per heavy atom. The highest BCUT2D eigenvalue weighted by Gasteiger charge is 2.11. The fourth-order valence-electron chi connectivity index (χ4n) is 2.52. The molecule has 0 saturated heterocycles. The van der Waals surface area contributed by atoms with Gasteiger partial charge in [-0.3, -0.25) is 0 Å². The number of ether oxygens (including phenoxy) is 1. The zero-order valence-electron chi connectivity index (χ0n) is 16.2. The number of aliphatic imine (C=N–C) groups is 1. The van der Waals surface area contributed by atoms with Gasteiger partial charge in [-0.25, -0.2) is 13.8 Å². The Labute approximate surface area is 164 Å². The molecule has 152 valence electrons. The Balaban J connectivity index is 1.83. The van der Waals surface area contributed by atoms with Crippen LogP contribution < -0.4 is 10.6 Å². The number of benzene rings is 2. The number of aliphatic hydroxyl groups is 1. The predicted molar refractivity (Wildman–Crippen MR) is 106 cm³/mol. The third-order valence-corrected chi connectivity index (χ3v) is 4.07. The first-order chi connectivity index (χ1) is 13.5. The van der Waals surface area contributed by atoms with Crippen molar-refractivity contribution in [3.05, 3.63) is 71.3 Å². The van der Waals surface area contributed by atoms with E-state index >= 15 is 0 Å². The average Bonchev–Trinajstić information content (AvgIpc) is 2.71. The fraction of sp³-hybridized carbons (Fsp3) is 0.381. The quantitative estimate of drug-likeness (QED) is 0.454.